The van der Waals surface area contributed by atoms with E-state index in [0.29, 0.717) is 22.7 Å². The summed E-state index contributed by atoms with van der Waals surface area (Å²) in [5.41, 5.74) is 1.90. The largest absolute Gasteiger partial charge is 0.336 e. The average molecular weight is 498 g/mol. The number of hydrogen-bond donors (Lipinski definition) is 0. The Morgan fingerprint density at radius 3 is 2.19 bits per heavy atom. The molecule has 2 aromatic rings. The van der Waals surface area contributed by atoms with Crippen molar-refractivity contribution in [2.45, 2.75) is 24.3 Å². The van der Waals surface area contributed by atoms with Crippen LogP contribution >= 0.6 is 11.6 Å². The quantitative estimate of drug-likeness (QED) is 0.645. The Morgan fingerprint density at radius 1 is 0.969 bits per heavy atom. The predicted molar refractivity (Wildman–Crippen MR) is 123 cm³/mol. The number of halogens is 1. The van der Waals surface area contributed by atoms with Crippen molar-refractivity contribution in [1.82, 2.24) is 9.21 Å². The zero-order valence-corrected chi connectivity index (χ0v) is 20.1. The molecule has 1 saturated heterocycles. The van der Waals surface area contributed by atoms with Crippen molar-refractivity contribution in [3.05, 3.63) is 58.6 Å². The zero-order valence-electron chi connectivity index (χ0n) is 17.7. The number of fused-ring (bicyclic) bond motifs is 1. The fourth-order valence-corrected chi connectivity index (χ4v) is 7.12. The third kappa shape index (κ3) is 4.24. The van der Waals surface area contributed by atoms with Gasteiger partial charge in [0.05, 0.1) is 16.8 Å². The van der Waals surface area contributed by atoms with Gasteiger partial charge in [0, 0.05) is 42.8 Å². The van der Waals surface area contributed by atoms with Gasteiger partial charge in [0.25, 0.3) is 5.91 Å². The van der Waals surface area contributed by atoms with Gasteiger partial charge < -0.3 is 4.90 Å². The maximum atomic E-state index is 13.0. The molecule has 2 aromatic carbocycles. The fourth-order valence-electron chi connectivity index (χ4n) is 4.31. The lowest BCUT2D eigenvalue weighted by Crippen LogP contribution is -2.50. The lowest BCUT2D eigenvalue weighted by Gasteiger charge is -2.34. The monoisotopic (exact) mass is 497 g/mol. The van der Waals surface area contributed by atoms with E-state index in [1.54, 1.807) is 23.1 Å². The molecular weight excluding hydrogens is 474 g/mol. The van der Waals surface area contributed by atoms with E-state index in [4.69, 9.17) is 11.6 Å². The number of benzene rings is 2. The summed E-state index contributed by atoms with van der Waals surface area (Å²) in [7, 11) is -7.05. The maximum Gasteiger partial charge on any atom is 0.253 e. The minimum atomic E-state index is -3.65. The molecule has 0 aliphatic carbocycles. The molecule has 2 aliphatic heterocycles. The number of carbonyl (C=O) groups is 1. The number of rotatable bonds is 4. The van der Waals surface area contributed by atoms with Crippen LogP contribution < -0.4 is 4.31 Å². The topological polar surface area (TPSA) is 95.1 Å². The first-order chi connectivity index (χ1) is 15.0. The molecule has 8 nitrogen and oxygen atoms in total. The molecule has 0 radical (unpaired) electrons. The van der Waals surface area contributed by atoms with Crippen LogP contribution in [0, 0.1) is 0 Å². The van der Waals surface area contributed by atoms with Crippen molar-refractivity contribution in [3.8, 4) is 0 Å². The molecular formula is C21H24ClN3O5S2. The summed E-state index contributed by atoms with van der Waals surface area (Å²) in [5.74, 6) is -0.193. The number of piperazine rings is 1. The summed E-state index contributed by atoms with van der Waals surface area (Å²) in [6.45, 7) is 2.77. The Balaban J connectivity index is 1.47. The number of anilines is 1. The van der Waals surface area contributed by atoms with Crippen molar-refractivity contribution in [1.29, 1.82) is 0 Å². The zero-order chi connectivity index (χ0) is 23.3. The van der Waals surface area contributed by atoms with E-state index < -0.39 is 20.0 Å². The highest BCUT2D eigenvalue weighted by Crippen LogP contribution is 2.35. The van der Waals surface area contributed by atoms with E-state index in [1.165, 1.54) is 39.1 Å². The Hall–Kier alpha value is -2.14. The highest BCUT2D eigenvalue weighted by molar-refractivity contribution is 7.92. The third-order valence-corrected chi connectivity index (χ3v) is 9.25. The normalized spacial score (nSPS) is 19.8. The van der Waals surface area contributed by atoms with Crippen LogP contribution in [0.2, 0.25) is 5.02 Å². The van der Waals surface area contributed by atoms with Gasteiger partial charge in [-0.05, 0) is 61.4 Å². The van der Waals surface area contributed by atoms with Gasteiger partial charge in [0.1, 0.15) is 0 Å². The van der Waals surface area contributed by atoms with Gasteiger partial charge in [-0.1, -0.05) is 11.6 Å². The molecule has 2 aliphatic rings. The number of carbonyl (C=O) groups excluding carboxylic acids is 1. The second kappa shape index (κ2) is 8.33. The van der Waals surface area contributed by atoms with Crippen molar-refractivity contribution >= 4 is 43.2 Å². The smallest absolute Gasteiger partial charge is 0.253 e. The van der Waals surface area contributed by atoms with Crippen molar-refractivity contribution < 1.29 is 21.6 Å². The highest BCUT2D eigenvalue weighted by atomic mass is 35.5. The summed E-state index contributed by atoms with van der Waals surface area (Å²) in [6, 6.07) is 10.9. The van der Waals surface area contributed by atoms with Crippen LogP contribution in [-0.2, 0) is 26.5 Å². The first kappa shape index (κ1) is 23.0. The Morgan fingerprint density at radius 2 is 1.59 bits per heavy atom. The molecule has 1 fully saturated rings. The Labute approximate surface area is 193 Å². The van der Waals surface area contributed by atoms with E-state index in [9.17, 15) is 21.6 Å². The molecule has 1 unspecified atom stereocenters. The van der Waals surface area contributed by atoms with Crippen LogP contribution in [0.25, 0.3) is 0 Å². The average Bonchev–Trinajstić information content (AvgIpc) is 3.09. The standard InChI is InChI=1S/C21H24ClN3O5S2/c1-15-13-17-14-16(3-8-20(17)25(15)31(2,27)28)21(26)23-9-11-24(12-10-23)32(29,30)19-6-4-18(22)5-7-19/h3-8,14-15H,9-13H2,1-2H3. The van der Waals surface area contributed by atoms with Gasteiger partial charge in [-0.2, -0.15) is 4.31 Å². The highest BCUT2D eigenvalue weighted by Gasteiger charge is 2.34. The van der Waals surface area contributed by atoms with Crippen molar-refractivity contribution in [3.63, 3.8) is 0 Å². The first-order valence-corrected chi connectivity index (χ1v) is 13.8. The molecule has 0 N–H and O–H groups in total. The van der Waals surface area contributed by atoms with Crippen LogP contribution in [-0.4, -0.2) is 70.4 Å². The van der Waals surface area contributed by atoms with E-state index in [1.807, 2.05) is 6.92 Å². The molecule has 0 bridgehead atoms. The fraction of sp³-hybridized carbons (Fsp3) is 0.381. The van der Waals surface area contributed by atoms with Gasteiger partial charge in [-0.3, -0.25) is 9.10 Å². The van der Waals surface area contributed by atoms with E-state index >= 15 is 0 Å². The Bertz CT molecular complexity index is 1250. The molecule has 0 spiro atoms. The summed E-state index contributed by atoms with van der Waals surface area (Å²) < 4.78 is 52.6. The van der Waals surface area contributed by atoms with E-state index in [-0.39, 0.29) is 43.0 Å². The van der Waals surface area contributed by atoms with Gasteiger partial charge >= 0.3 is 0 Å². The van der Waals surface area contributed by atoms with Gasteiger partial charge in [0.15, 0.2) is 0 Å². The second-order valence-electron chi connectivity index (χ2n) is 8.11. The second-order valence-corrected chi connectivity index (χ2v) is 12.3. The molecule has 172 valence electrons. The minimum Gasteiger partial charge on any atom is -0.336 e. The van der Waals surface area contributed by atoms with Gasteiger partial charge in [0.2, 0.25) is 20.0 Å². The van der Waals surface area contributed by atoms with Gasteiger partial charge in [-0.25, -0.2) is 16.8 Å². The summed E-state index contributed by atoms with van der Waals surface area (Å²) in [5, 5.41) is 0.461. The molecule has 4 rings (SSSR count). The summed E-state index contributed by atoms with van der Waals surface area (Å²) in [4.78, 5) is 14.8. The first-order valence-electron chi connectivity index (χ1n) is 10.2. The van der Waals surface area contributed by atoms with Crippen LogP contribution in [0.1, 0.15) is 22.8 Å². The maximum absolute atomic E-state index is 13.0. The summed E-state index contributed by atoms with van der Waals surface area (Å²) >= 11 is 5.85. The number of nitrogens with zero attached hydrogens (tertiary/aromatic N) is 3. The van der Waals surface area contributed by atoms with Crippen molar-refractivity contribution in [2.24, 2.45) is 0 Å². The molecule has 11 heteroatoms. The van der Waals surface area contributed by atoms with Crippen molar-refractivity contribution in [2.75, 3.05) is 36.7 Å². The molecule has 1 amide bonds. The molecule has 0 saturated carbocycles. The van der Waals surface area contributed by atoms with E-state index in [2.05, 4.69) is 0 Å². The number of sulfonamides is 2. The molecule has 2 heterocycles. The van der Waals surface area contributed by atoms with Crippen LogP contribution in [0.15, 0.2) is 47.4 Å². The van der Waals surface area contributed by atoms with Crippen LogP contribution in [0.5, 0.6) is 0 Å². The molecule has 1 atom stereocenters. The predicted octanol–water partition coefficient (Wildman–Crippen LogP) is 2.20. The number of amides is 1. The summed E-state index contributed by atoms with van der Waals surface area (Å²) in [6.07, 6.45) is 1.71. The lowest BCUT2D eigenvalue weighted by molar-refractivity contribution is 0.0698. The van der Waals surface area contributed by atoms with Gasteiger partial charge in [-0.15, -0.1) is 0 Å². The number of hydrogen-bond acceptors (Lipinski definition) is 5. The Kier molecular flexibility index (Phi) is 6.00. The van der Waals surface area contributed by atoms with Crippen LogP contribution in [0.4, 0.5) is 5.69 Å². The lowest BCUT2D eigenvalue weighted by atomic mass is 10.1. The SMILES string of the molecule is CC1Cc2cc(C(=O)N3CCN(S(=O)(=O)c4ccc(Cl)cc4)CC3)ccc2N1S(C)(=O)=O. The minimum absolute atomic E-state index is 0.171. The molecule has 32 heavy (non-hydrogen) atoms. The third-order valence-electron chi connectivity index (χ3n) is 5.81. The van der Waals surface area contributed by atoms with E-state index in [0.717, 1.165) is 5.56 Å². The van der Waals surface area contributed by atoms with Crippen LogP contribution in [0.3, 0.4) is 0 Å². The molecule has 0 aromatic heterocycles.